The van der Waals surface area contributed by atoms with Gasteiger partial charge in [0.25, 0.3) is 5.91 Å². The molecule has 1 unspecified atom stereocenters. The van der Waals surface area contributed by atoms with Crippen LogP contribution >= 0.6 is 0 Å². The monoisotopic (exact) mass is 371 g/mol. The molecule has 1 aromatic rings. The van der Waals surface area contributed by atoms with Crippen molar-refractivity contribution in [2.45, 2.75) is 44.6 Å². The van der Waals surface area contributed by atoms with Crippen LogP contribution in [0, 0.1) is 5.92 Å². The van der Waals surface area contributed by atoms with E-state index in [2.05, 4.69) is 19.0 Å². The number of hydrogen-bond acceptors (Lipinski definition) is 3. The van der Waals surface area contributed by atoms with Gasteiger partial charge in [-0.1, -0.05) is 18.2 Å². The Morgan fingerprint density at radius 2 is 1.70 bits per heavy atom. The summed E-state index contributed by atoms with van der Waals surface area (Å²) in [6.45, 7) is 3.46. The standard InChI is InChI=1S/C22H33N3O2/c1-23(2)15-11-18-12-16-24(17-13-18)22(27)20-10-6-7-14-25(20)21(26)19-8-4-3-5-9-19/h3-5,8-9,18,20H,6-7,10-17H2,1-2H3. The molecule has 2 aliphatic heterocycles. The van der Waals surface area contributed by atoms with Crippen molar-refractivity contribution in [2.75, 3.05) is 40.3 Å². The van der Waals surface area contributed by atoms with E-state index in [0.29, 0.717) is 18.0 Å². The number of nitrogens with zero attached hydrogens (tertiary/aromatic N) is 3. The van der Waals surface area contributed by atoms with Gasteiger partial charge in [-0.15, -0.1) is 0 Å². The molecule has 5 nitrogen and oxygen atoms in total. The van der Waals surface area contributed by atoms with Crippen LogP contribution < -0.4 is 0 Å². The third-order valence-electron chi connectivity index (χ3n) is 5.98. The van der Waals surface area contributed by atoms with Gasteiger partial charge >= 0.3 is 0 Å². The summed E-state index contributed by atoms with van der Waals surface area (Å²) in [5, 5.41) is 0. The van der Waals surface area contributed by atoms with E-state index >= 15 is 0 Å². The molecule has 3 rings (SSSR count). The van der Waals surface area contributed by atoms with Crippen molar-refractivity contribution < 1.29 is 9.59 Å². The summed E-state index contributed by atoms with van der Waals surface area (Å²) >= 11 is 0. The fraction of sp³-hybridized carbons (Fsp3) is 0.636. The van der Waals surface area contributed by atoms with Crippen molar-refractivity contribution in [1.82, 2.24) is 14.7 Å². The number of piperidine rings is 2. The molecule has 2 heterocycles. The van der Waals surface area contributed by atoms with E-state index < -0.39 is 0 Å². The SMILES string of the molecule is CN(C)CCC1CCN(C(=O)C2CCCCN2C(=O)c2ccccc2)CC1. The molecular formula is C22H33N3O2. The van der Waals surface area contributed by atoms with Gasteiger partial charge in [0.05, 0.1) is 0 Å². The number of carbonyl (C=O) groups excluding carboxylic acids is 2. The van der Waals surface area contributed by atoms with Crippen LogP contribution in [0.2, 0.25) is 0 Å². The first kappa shape index (κ1) is 19.9. The molecule has 0 saturated carbocycles. The van der Waals surface area contributed by atoms with Crippen LogP contribution in [0.15, 0.2) is 30.3 Å². The Morgan fingerprint density at radius 1 is 1.00 bits per heavy atom. The fourth-order valence-electron chi connectivity index (χ4n) is 4.27. The molecule has 2 saturated heterocycles. The molecule has 0 aromatic heterocycles. The zero-order chi connectivity index (χ0) is 19.2. The topological polar surface area (TPSA) is 43.9 Å². The maximum absolute atomic E-state index is 13.2. The van der Waals surface area contributed by atoms with Crippen LogP contribution in [0.3, 0.4) is 0 Å². The van der Waals surface area contributed by atoms with E-state index in [1.165, 1.54) is 6.42 Å². The van der Waals surface area contributed by atoms with Gasteiger partial charge in [-0.2, -0.15) is 0 Å². The molecule has 1 aromatic carbocycles. The molecule has 0 bridgehead atoms. The lowest BCUT2D eigenvalue weighted by molar-refractivity contribution is -0.138. The second kappa shape index (κ2) is 9.36. The number of hydrogen-bond donors (Lipinski definition) is 0. The first-order valence-corrected chi connectivity index (χ1v) is 10.4. The number of rotatable bonds is 5. The molecule has 2 fully saturated rings. The maximum atomic E-state index is 13.2. The quantitative estimate of drug-likeness (QED) is 0.799. The van der Waals surface area contributed by atoms with Crippen molar-refractivity contribution in [3.63, 3.8) is 0 Å². The van der Waals surface area contributed by atoms with Crippen molar-refractivity contribution in [2.24, 2.45) is 5.92 Å². The Labute approximate surface area is 163 Å². The minimum atomic E-state index is -0.287. The zero-order valence-electron chi connectivity index (χ0n) is 16.8. The molecule has 1 atom stereocenters. The third-order valence-corrected chi connectivity index (χ3v) is 5.98. The average molecular weight is 372 g/mol. The Balaban J connectivity index is 1.60. The summed E-state index contributed by atoms with van der Waals surface area (Å²) in [6.07, 6.45) is 6.16. The highest BCUT2D eigenvalue weighted by atomic mass is 16.2. The summed E-state index contributed by atoms with van der Waals surface area (Å²) < 4.78 is 0. The Bertz CT molecular complexity index is 624. The zero-order valence-corrected chi connectivity index (χ0v) is 16.8. The lowest BCUT2D eigenvalue weighted by Gasteiger charge is -2.40. The second-order valence-corrected chi connectivity index (χ2v) is 8.24. The van der Waals surface area contributed by atoms with Crippen LogP contribution in [-0.4, -0.2) is 72.8 Å². The summed E-state index contributed by atoms with van der Waals surface area (Å²) in [7, 11) is 4.22. The highest BCUT2D eigenvalue weighted by Gasteiger charge is 2.36. The summed E-state index contributed by atoms with van der Waals surface area (Å²) in [4.78, 5) is 32.2. The fourth-order valence-corrected chi connectivity index (χ4v) is 4.27. The van der Waals surface area contributed by atoms with Crippen molar-refractivity contribution in [3.8, 4) is 0 Å². The number of benzene rings is 1. The largest absolute Gasteiger partial charge is 0.341 e. The predicted molar refractivity (Wildman–Crippen MR) is 108 cm³/mol. The lowest BCUT2D eigenvalue weighted by Crippen LogP contribution is -2.54. The summed E-state index contributed by atoms with van der Waals surface area (Å²) in [5.41, 5.74) is 0.680. The second-order valence-electron chi connectivity index (χ2n) is 8.24. The van der Waals surface area contributed by atoms with Gasteiger partial charge in [-0.25, -0.2) is 0 Å². The van der Waals surface area contributed by atoms with E-state index in [9.17, 15) is 9.59 Å². The summed E-state index contributed by atoms with van der Waals surface area (Å²) in [6, 6.07) is 9.07. The molecule has 2 amide bonds. The first-order chi connectivity index (χ1) is 13.1. The highest BCUT2D eigenvalue weighted by Crippen LogP contribution is 2.25. The smallest absolute Gasteiger partial charge is 0.254 e. The molecule has 148 valence electrons. The Kier molecular flexibility index (Phi) is 6.89. The van der Waals surface area contributed by atoms with E-state index in [0.717, 1.165) is 51.7 Å². The minimum absolute atomic E-state index is 0.00508. The van der Waals surface area contributed by atoms with Gasteiger partial charge in [-0.3, -0.25) is 9.59 Å². The molecule has 2 aliphatic rings. The molecule has 0 N–H and O–H groups in total. The number of carbonyl (C=O) groups is 2. The van der Waals surface area contributed by atoms with Gasteiger partial charge in [0.2, 0.25) is 5.91 Å². The predicted octanol–water partition coefficient (Wildman–Crippen LogP) is 2.87. The third kappa shape index (κ3) is 5.10. The molecule has 27 heavy (non-hydrogen) atoms. The number of amides is 2. The van der Waals surface area contributed by atoms with Crippen LogP contribution in [-0.2, 0) is 4.79 Å². The molecule has 0 radical (unpaired) electrons. The van der Waals surface area contributed by atoms with Crippen LogP contribution in [0.1, 0.15) is 48.9 Å². The van der Waals surface area contributed by atoms with Crippen LogP contribution in [0.25, 0.3) is 0 Å². The van der Waals surface area contributed by atoms with Crippen molar-refractivity contribution >= 4 is 11.8 Å². The van der Waals surface area contributed by atoms with Crippen molar-refractivity contribution in [3.05, 3.63) is 35.9 Å². The molecular weight excluding hydrogens is 338 g/mol. The Morgan fingerprint density at radius 3 is 2.37 bits per heavy atom. The van der Waals surface area contributed by atoms with Gasteiger partial charge in [-0.05, 0) is 77.2 Å². The van der Waals surface area contributed by atoms with E-state index in [1.807, 2.05) is 40.1 Å². The molecule has 0 aliphatic carbocycles. The van der Waals surface area contributed by atoms with Gasteiger partial charge in [0, 0.05) is 25.2 Å². The van der Waals surface area contributed by atoms with Gasteiger partial charge in [0.1, 0.15) is 6.04 Å². The van der Waals surface area contributed by atoms with Gasteiger partial charge in [0.15, 0.2) is 0 Å². The van der Waals surface area contributed by atoms with Crippen LogP contribution in [0.4, 0.5) is 0 Å². The minimum Gasteiger partial charge on any atom is -0.341 e. The number of likely N-dealkylation sites (tertiary alicyclic amines) is 2. The van der Waals surface area contributed by atoms with E-state index in [-0.39, 0.29) is 17.9 Å². The van der Waals surface area contributed by atoms with E-state index in [4.69, 9.17) is 0 Å². The average Bonchev–Trinajstić information content (AvgIpc) is 2.72. The normalized spacial score (nSPS) is 21.5. The molecule has 5 heteroatoms. The van der Waals surface area contributed by atoms with Crippen LogP contribution in [0.5, 0.6) is 0 Å². The lowest BCUT2D eigenvalue weighted by atomic mass is 9.92. The van der Waals surface area contributed by atoms with Crippen molar-refractivity contribution in [1.29, 1.82) is 0 Å². The first-order valence-electron chi connectivity index (χ1n) is 10.4. The highest BCUT2D eigenvalue weighted by molar-refractivity contribution is 5.97. The maximum Gasteiger partial charge on any atom is 0.254 e. The van der Waals surface area contributed by atoms with E-state index in [1.54, 1.807) is 0 Å². The summed E-state index contributed by atoms with van der Waals surface area (Å²) in [5.74, 6) is 0.865. The molecule has 0 spiro atoms. The van der Waals surface area contributed by atoms with Gasteiger partial charge < -0.3 is 14.7 Å². The Hall–Kier alpha value is -1.88.